The van der Waals surface area contributed by atoms with Crippen LogP contribution in [0.1, 0.15) is 5.56 Å². The molecule has 2 rings (SSSR count). The fourth-order valence-corrected chi connectivity index (χ4v) is 2.31. The summed E-state index contributed by atoms with van der Waals surface area (Å²) >= 11 is 0. The molecule has 2 aromatic rings. The van der Waals surface area contributed by atoms with Crippen LogP contribution in [0.5, 0.6) is 0 Å². The van der Waals surface area contributed by atoms with Crippen LogP contribution in [-0.2, 0) is 6.42 Å². The molecule has 0 fully saturated rings. The first-order valence-electron chi connectivity index (χ1n) is 6.70. The summed E-state index contributed by atoms with van der Waals surface area (Å²) in [7, 11) is 5.59. The van der Waals surface area contributed by atoms with Gasteiger partial charge in [0.05, 0.1) is 5.56 Å². The van der Waals surface area contributed by atoms with Gasteiger partial charge in [-0.25, -0.2) is 0 Å². The third kappa shape index (κ3) is 2.55. The zero-order chi connectivity index (χ0) is 14.5. The van der Waals surface area contributed by atoms with Crippen molar-refractivity contribution in [3.63, 3.8) is 0 Å². The smallest absolute Gasteiger partial charge is 0.160 e. The van der Waals surface area contributed by atoms with E-state index in [-0.39, 0.29) is 0 Å². The van der Waals surface area contributed by atoms with Crippen molar-refractivity contribution in [3.8, 4) is 11.1 Å². The van der Waals surface area contributed by atoms with Crippen LogP contribution in [0, 0.1) is 0 Å². The molecule has 0 aliphatic rings. The van der Waals surface area contributed by atoms with Gasteiger partial charge in [-0.05, 0) is 24.1 Å². The van der Waals surface area contributed by atoms with Crippen LogP contribution in [0.25, 0.3) is 11.1 Å². The minimum atomic E-state index is 0.650. The van der Waals surface area contributed by atoms with E-state index >= 15 is 0 Å². The molecule has 6 nitrogen and oxygen atoms in total. The van der Waals surface area contributed by atoms with Gasteiger partial charge in [0.2, 0.25) is 0 Å². The van der Waals surface area contributed by atoms with Crippen molar-refractivity contribution in [1.82, 2.24) is 9.89 Å². The van der Waals surface area contributed by atoms with Crippen molar-refractivity contribution < 1.29 is 0 Å². The van der Waals surface area contributed by atoms with E-state index in [1.54, 1.807) is 4.79 Å². The Morgan fingerprint density at radius 1 is 1.20 bits per heavy atom. The van der Waals surface area contributed by atoms with E-state index in [0.717, 1.165) is 29.2 Å². The molecular formula is C14H22N6. The summed E-state index contributed by atoms with van der Waals surface area (Å²) in [6, 6.07) is 8.39. The molecule has 0 atom stereocenters. The van der Waals surface area contributed by atoms with E-state index in [0.29, 0.717) is 6.54 Å². The Labute approximate surface area is 119 Å². The van der Waals surface area contributed by atoms with Crippen LogP contribution >= 0.6 is 0 Å². The Hall–Kier alpha value is -2.21. The zero-order valence-electron chi connectivity index (χ0n) is 12.2. The predicted molar refractivity (Wildman–Crippen MR) is 84.8 cm³/mol. The largest absolute Gasteiger partial charge is 0.371 e. The Morgan fingerprint density at radius 2 is 2.00 bits per heavy atom. The van der Waals surface area contributed by atoms with E-state index in [9.17, 15) is 0 Å². The molecule has 0 unspecified atom stereocenters. The first-order valence-corrected chi connectivity index (χ1v) is 6.70. The molecule has 0 saturated carbocycles. The lowest BCUT2D eigenvalue weighted by Crippen LogP contribution is -2.13. The van der Waals surface area contributed by atoms with Gasteiger partial charge in [-0.3, -0.25) is 0 Å². The first kappa shape index (κ1) is 14.2. The second-order valence-corrected chi connectivity index (χ2v) is 4.45. The van der Waals surface area contributed by atoms with Crippen LogP contribution in [0.3, 0.4) is 0 Å². The summed E-state index contributed by atoms with van der Waals surface area (Å²) in [5.74, 6) is 1.75. The van der Waals surface area contributed by atoms with Crippen molar-refractivity contribution in [1.29, 1.82) is 0 Å². The predicted octanol–water partition coefficient (Wildman–Crippen LogP) is 1.31. The van der Waals surface area contributed by atoms with Crippen LogP contribution in [0.4, 0.5) is 11.6 Å². The fourth-order valence-electron chi connectivity index (χ4n) is 2.31. The third-order valence-electron chi connectivity index (χ3n) is 3.22. The molecule has 1 heterocycles. The highest BCUT2D eigenvalue weighted by atomic mass is 15.6. The third-order valence-corrected chi connectivity index (χ3v) is 3.22. The molecular weight excluding hydrogens is 252 g/mol. The van der Waals surface area contributed by atoms with E-state index in [2.05, 4.69) is 45.4 Å². The number of rotatable bonds is 6. The lowest BCUT2D eigenvalue weighted by molar-refractivity contribution is 0.791. The van der Waals surface area contributed by atoms with E-state index in [1.807, 2.05) is 21.1 Å². The Balaban J connectivity index is 2.55. The second kappa shape index (κ2) is 6.29. The van der Waals surface area contributed by atoms with Gasteiger partial charge in [-0.15, -0.1) is 5.10 Å². The van der Waals surface area contributed by atoms with Crippen LogP contribution in [0.15, 0.2) is 24.3 Å². The summed E-state index contributed by atoms with van der Waals surface area (Å²) < 4.78 is 0. The zero-order valence-corrected chi connectivity index (χ0v) is 12.2. The lowest BCUT2D eigenvalue weighted by Gasteiger charge is -2.09. The molecule has 0 saturated heterocycles. The molecule has 5 N–H and O–H groups in total. The maximum absolute atomic E-state index is 5.64. The lowest BCUT2D eigenvalue weighted by atomic mass is 10.0. The maximum Gasteiger partial charge on any atom is 0.160 e. The van der Waals surface area contributed by atoms with Crippen molar-refractivity contribution in [2.24, 2.45) is 5.73 Å². The minimum Gasteiger partial charge on any atom is -0.371 e. The number of anilines is 2. The topological polar surface area (TPSA) is 79.9 Å². The van der Waals surface area contributed by atoms with Crippen molar-refractivity contribution in [2.75, 3.05) is 43.7 Å². The summed E-state index contributed by atoms with van der Waals surface area (Å²) in [6.07, 6.45) is 0.873. The number of nitrogens with one attached hydrogen (secondary N) is 3. The Bertz CT molecular complexity index is 575. The second-order valence-electron chi connectivity index (χ2n) is 4.45. The summed E-state index contributed by atoms with van der Waals surface area (Å²) in [6.45, 7) is 0.650. The van der Waals surface area contributed by atoms with Gasteiger partial charge >= 0.3 is 0 Å². The number of benzene rings is 1. The number of aromatic nitrogens is 2. The highest BCUT2D eigenvalue weighted by molar-refractivity contribution is 5.85. The molecule has 0 aliphatic carbocycles. The molecule has 108 valence electrons. The molecule has 0 spiro atoms. The molecule has 0 radical (unpaired) electrons. The van der Waals surface area contributed by atoms with Crippen LogP contribution < -0.4 is 21.8 Å². The van der Waals surface area contributed by atoms with Gasteiger partial charge in [0, 0.05) is 21.1 Å². The van der Waals surface area contributed by atoms with Gasteiger partial charge < -0.3 is 21.8 Å². The summed E-state index contributed by atoms with van der Waals surface area (Å²) in [4.78, 5) is 1.72. The van der Waals surface area contributed by atoms with Gasteiger partial charge in [-0.1, -0.05) is 24.3 Å². The summed E-state index contributed by atoms with van der Waals surface area (Å²) in [5, 5.41) is 10.8. The standard InChI is InChI=1S/C14H22N6/c1-16-13-12(14(17-2)20(18-3)19-13)11-6-4-5-10(9-11)7-8-15/h4-6,9,17-18H,7-8,15H2,1-3H3,(H,16,19). The van der Waals surface area contributed by atoms with Gasteiger partial charge in [0.15, 0.2) is 11.6 Å². The number of nitrogens with zero attached hydrogens (tertiary/aromatic N) is 2. The molecule has 0 aliphatic heterocycles. The molecule has 6 heteroatoms. The van der Waals surface area contributed by atoms with Crippen molar-refractivity contribution in [3.05, 3.63) is 29.8 Å². The molecule has 1 aromatic heterocycles. The SMILES string of the molecule is CNc1nn(NC)c(NC)c1-c1cccc(CCN)c1. The molecule has 1 aromatic carbocycles. The maximum atomic E-state index is 5.64. The first-order chi connectivity index (χ1) is 9.74. The Kier molecular flexibility index (Phi) is 4.47. The van der Waals surface area contributed by atoms with E-state index in [1.165, 1.54) is 5.56 Å². The average molecular weight is 274 g/mol. The van der Waals surface area contributed by atoms with Crippen LogP contribution in [0.2, 0.25) is 0 Å². The van der Waals surface area contributed by atoms with Gasteiger partial charge in [0.1, 0.15) is 0 Å². The molecule has 0 amide bonds. The number of nitrogens with two attached hydrogens (primary N) is 1. The monoisotopic (exact) mass is 274 g/mol. The average Bonchev–Trinajstić information content (AvgIpc) is 2.85. The number of hydrogen-bond donors (Lipinski definition) is 4. The van der Waals surface area contributed by atoms with Gasteiger partial charge in [-0.2, -0.15) is 4.79 Å². The fraction of sp³-hybridized carbons (Fsp3) is 0.357. The Morgan fingerprint density at radius 3 is 2.60 bits per heavy atom. The molecule has 0 bridgehead atoms. The minimum absolute atomic E-state index is 0.650. The quantitative estimate of drug-likeness (QED) is 0.638. The van der Waals surface area contributed by atoms with Gasteiger partial charge in [0.25, 0.3) is 0 Å². The summed E-state index contributed by atoms with van der Waals surface area (Å²) in [5.41, 5.74) is 12.1. The van der Waals surface area contributed by atoms with Crippen molar-refractivity contribution in [2.45, 2.75) is 6.42 Å². The normalized spacial score (nSPS) is 10.4. The van der Waals surface area contributed by atoms with Crippen molar-refractivity contribution >= 4 is 11.6 Å². The highest BCUT2D eigenvalue weighted by Crippen LogP contribution is 2.34. The highest BCUT2D eigenvalue weighted by Gasteiger charge is 2.17. The van der Waals surface area contributed by atoms with E-state index < -0.39 is 0 Å². The number of hydrogen-bond acceptors (Lipinski definition) is 5. The molecule has 20 heavy (non-hydrogen) atoms. The van der Waals surface area contributed by atoms with Crippen LogP contribution in [-0.4, -0.2) is 37.6 Å². The van der Waals surface area contributed by atoms with E-state index in [4.69, 9.17) is 5.73 Å².